The number of hydrogen-bond donors (Lipinski definition) is 0. The van der Waals surface area contributed by atoms with E-state index in [2.05, 4.69) is 15.9 Å². The number of halogens is 1. The van der Waals surface area contributed by atoms with Gasteiger partial charge < -0.3 is 9.15 Å². The molecule has 1 aromatic heterocycles. The van der Waals surface area contributed by atoms with E-state index in [9.17, 15) is 19.2 Å². The van der Waals surface area contributed by atoms with Gasteiger partial charge in [0.05, 0.1) is 11.1 Å². The van der Waals surface area contributed by atoms with E-state index in [0.29, 0.717) is 16.5 Å². The zero-order chi connectivity index (χ0) is 20.7. The van der Waals surface area contributed by atoms with E-state index in [1.165, 1.54) is 13.0 Å². The molecular weight excluding hydrogens is 442 g/mol. The van der Waals surface area contributed by atoms with Crippen molar-refractivity contribution in [2.45, 2.75) is 19.6 Å². The second-order valence-corrected chi connectivity index (χ2v) is 7.46. The van der Waals surface area contributed by atoms with Gasteiger partial charge in [0.25, 0.3) is 11.8 Å². The van der Waals surface area contributed by atoms with Crippen molar-refractivity contribution in [1.29, 1.82) is 0 Å². The van der Waals surface area contributed by atoms with E-state index in [-0.39, 0.29) is 17.7 Å². The average molecular weight is 456 g/mol. The summed E-state index contributed by atoms with van der Waals surface area (Å²) in [6.45, 7) is 1.23. The van der Waals surface area contributed by atoms with Crippen LogP contribution >= 0.6 is 15.9 Å². The minimum absolute atomic E-state index is 0.198. The zero-order valence-electron chi connectivity index (χ0n) is 15.2. The Hall–Kier alpha value is -3.26. The molecule has 0 radical (unpaired) electrons. The maximum atomic E-state index is 12.5. The number of rotatable bonds is 4. The van der Waals surface area contributed by atoms with Gasteiger partial charge >= 0.3 is 11.6 Å². The van der Waals surface area contributed by atoms with Crippen LogP contribution in [0.5, 0.6) is 0 Å². The number of hydrogen-bond acceptors (Lipinski definition) is 6. The minimum Gasteiger partial charge on any atom is -0.459 e. The molecule has 7 nitrogen and oxygen atoms in total. The number of imide groups is 1. The smallest absolute Gasteiger partial charge is 0.336 e. The SMILES string of the molecule is CC(C(=O)OCc1cc(=O)oc2cc(Br)ccc12)N1C(=O)c2ccccc2C1=O. The number of carbonyl (C=O) groups is 3. The normalized spacial score (nSPS) is 14.2. The summed E-state index contributed by atoms with van der Waals surface area (Å²) in [5.74, 6) is -1.82. The number of fused-ring (bicyclic) bond motifs is 2. The number of carbonyl (C=O) groups excluding carboxylic acids is 3. The van der Waals surface area contributed by atoms with E-state index in [1.807, 2.05) is 0 Å². The second kappa shape index (κ2) is 7.29. The first-order valence-corrected chi connectivity index (χ1v) is 9.52. The summed E-state index contributed by atoms with van der Waals surface area (Å²) in [4.78, 5) is 50.3. The molecule has 0 saturated heterocycles. The number of benzene rings is 2. The molecule has 2 aromatic carbocycles. The molecule has 0 N–H and O–H groups in total. The third-order valence-corrected chi connectivity index (χ3v) is 5.21. The largest absolute Gasteiger partial charge is 0.459 e. The Kier molecular flexibility index (Phi) is 4.79. The topological polar surface area (TPSA) is 93.9 Å². The van der Waals surface area contributed by atoms with Gasteiger partial charge in [-0.05, 0) is 37.3 Å². The molecule has 0 bridgehead atoms. The van der Waals surface area contributed by atoms with Gasteiger partial charge in [0.15, 0.2) is 0 Å². The van der Waals surface area contributed by atoms with Crippen molar-refractivity contribution in [3.8, 4) is 0 Å². The van der Waals surface area contributed by atoms with Gasteiger partial charge in [0.2, 0.25) is 0 Å². The molecule has 8 heteroatoms. The standard InChI is InChI=1S/C21H14BrNO6/c1-11(23-19(25)15-4-2-3-5-16(15)20(23)26)21(27)28-10-12-8-18(24)29-17-9-13(22)6-7-14(12)17/h2-9,11H,10H2,1H3. The van der Waals surface area contributed by atoms with Crippen LogP contribution in [0, 0.1) is 0 Å². The molecule has 2 amide bonds. The molecule has 3 aromatic rings. The van der Waals surface area contributed by atoms with Crippen molar-refractivity contribution < 1.29 is 23.5 Å². The molecule has 0 saturated carbocycles. The van der Waals surface area contributed by atoms with Crippen LogP contribution in [0.4, 0.5) is 0 Å². The Labute approximate surface area is 173 Å². The highest BCUT2D eigenvalue weighted by Crippen LogP contribution is 2.26. The molecule has 146 valence electrons. The minimum atomic E-state index is -1.11. The Balaban J connectivity index is 1.54. The highest BCUT2D eigenvalue weighted by molar-refractivity contribution is 9.10. The fourth-order valence-electron chi connectivity index (χ4n) is 3.26. The summed E-state index contributed by atoms with van der Waals surface area (Å²) in [6, 6.07) is 11.7. The van der Waals surface area contributed by atoms with E-state index >= 15 is 0 Å². The number of esters is 1. The predicted octanol–water partition coefficient (Wildman–Crippen LogP) is 3.28. The third kappa shape index (κ3) is 3.36. The summed E-state index contributed by atoms with van der Waals surface area (Å²) < 4.78 is 11.2. The summed E-state index contributed by atoms with van der Waals surface area (Å²) in [5, 5.41) is 0.619. The van der Waals surface area contributed by atoms with Crippen LogP contribution < -0.4 is 5.63 Å². The van der Waals surface area contributed by atoms with Crippen LogP contribution in [0.15, 0.2) is 62.2 Å². The lowest BCUT2D eigenvalue weighted by Gasteiger charge is -2.21. The van der Waals surface area contributed by atoms with Crippen molar-refractivity contribution in [3.05, 3.63) is 80.1 Å². The summed E-state index contributed by atoms with van der Waals surface area (Å²) in [6.07, 6.45) is 0. The third-order valence-electron chi connectivity index (χ3n) is 4.72. The summed E-state index contributed by atoms with van der Waals surface area (Å²) in [7, 11) is 0. The van der Waals surface area contributed by atoms with Gasteiger partial charge in [-0.15, -0.1) is 0 Å². The van der Waals surface area contributed by atoms with Gasteiger partial charge in [0.1, 0.15) is 18.2 Å². The van der Waals surface area contributed by atoms with Crippen LogP contribution in [-0.4, -0.2) is 28.7 Å². The van der Waals surface area contributed by atoms with Crippen LogP contribution in [-0.2, 0) is 16.1 Å². The van der Waals surface area contributed by atoms with Gasteiger partial charge in [-0.3, -0.25) is 14.5 Å². The van der Waals surface area contributed by atoms with Crippen molar-refractivity contribution in [1.82, 2.24) is 4.90 Å². The fourth-order valence-corrected chi connectivity index (χ4v) is 3.60. The predicted molar refractivity (Wildman–Crippen MR) is 106 cm³/mol. The first kappa shape index (κ1) is 19.1. The second-order valence-electron chi connectivity index (χ2n) is 6.54. The van der Waals surface area contributed by atoms with E-state index < -0.39 is 29.5 Å². The van der Waals surface area contributed by atoms with Crippen LogP contribution in [0.25, 0.3) is 11.0 Å². The fraction of sp³-hybridized carbons (Fsp3) is 0.143. The lowest BCUT2D eigenvalue weighted by Crippen LogP contribution is -2.43. The summed E-state index contributed by atoms with van der Waals surface area (Å²) >= 11 is 3.31. The molecule has 0 aliphatic carbocycles. The molecule has 0 spiro atoms. The maximum absolute atomic E-state index is 12.5. The number of ether oxygens (including phenoxy) is 1. The van der Waals surface area contributed by atoms with Crippen molar-refractivity contribution in [2.24, 2.45) is 0 Å². The average Bonchev–Trinajstić information content (AvgIpc) is 2.95. The van der Waals surface area contributed by atoms with Gasteiger partial charge in [0, 0.05) is 21.5 Å². The van der Waals surface area contributed by atoms with Crippen molar-refractivity contribution >= 4 is 44.7 Å². The molecule has 1 aliphatic rings. The highest BCUT2D eigenvalue weighted by atomic mass is 79.9. The highest BCUT2D eigenvalue weighted by Gasteiger charge is 2.41. The molecule has 4 rings (SSSR count). The Morgan fingerprint density at radius 1 is 1.07 bits per heavy atom. The van der Waals surface area contributed by atoms with Gasteiger partial charge in [-0.1, -0.05) is 28.1 Å². The lowest BCUT2D eigenvalue weighted by atomic mass is 10.1. The summed E-state index contributed by atoms with van der Waals surface area (Å²) in [5.41, 5.74) is 0.761. The molecular formula is C21H14BrNO6. The monoisotopic (exact) mass is 455 g/mol. The molecule has 1 aliphatic heterocycles. The zero-order valence-corrected chi connectivity index (χ0v) is 16.8. The number of nitrogens with zero attached hydrogens (tertiary/aromatic N) is 1. The molecule has 29 heavy (non-hydrogen) atoms. The van der Waals surface area contributed by atoms with Gasteiger partial charge in [-0.2, -0.15) is 0 Å². The first-order chi connectivity index (χ1) is 13.9. The molecule has 1 atom stereocenters. The van der Waals surface area contributed by atoms with Crippen LogP contribution in [0.2, 0.25) is 0 Å². The van der Waals surface area contributed by atoms with E-state index in [1.54, 1.807) is 42.5 Å². The Morgan fingerprint density at radius 2 is 1.72 bits per heavy atom. The van der Waals surface area contributed by atoms with Crippen molar-refractivity contribution in [3.63, 3.8) is 0 Å². The first-order valence-electron chi connectivity index (χ1n) is 8.72. The van der Waals surface area contributed by atoms with Crippen LogP contribution in [0.1, 0.15) is 33.2 Å². The van der Waals surface area contributed by atoms with Gasteiger partial charge in [-0.25, -0.2) is 9.59 Å². The lowest BCUT2D eigenvalue weighted by molar-refractivity contribution is -0.149. The van der Waals surface area contributed by atoms with E-state index in [4.69, 9.17) is 9.15 Å². The molecule has 0 fully saturated rings. The molecule has 1 unspecified atom stereocenters. The maximum Gasteiger partial charge on any atom is 0.336 e. The Bertz CT molecular complexity index is 1200. The Morgan fingerprint density at radius 3 is 2.38 bits per heavy atom. The molecule has 2 heterocycles. The van der Waals surface area contributed by atoms with Crippen molar-refractivity contribution in [2.75, 3.05) is 0 Å². The quantitative estimate of drug-likeness (QED) is 0.340. The van der Waals surface area contributed by atoms with E-state index in [0.717, 1.165) is 9.37 Å². The van der Waals surface area contributed by atoms with Crippen LogP contribution in [0.3, 0.4) is 0 Å². The number of amides is 2.